The lowest BCUT2D eigenvalue weighted by Crippen LogP contribution is -2.30. The average molecular weight is 226 g/mol. The van der Waals surface area contributed by atoms with Crippen LogP contribution in [0.5, 0.6) is 0 Å². The first-order chi connectivity index (χ1) is 7.76. The molecule has 0 aromatic rings. The fourth-order valence-corrected chi connectivity index (χ4v) is 3.67. The lowest BCUT2D eigenvalue weighted by molar-refractivity contribution is -0.189. The Bertz CT molecular complexity index is 250. The van der Waals surface area contributed by atoms with Crippen molar-refractivity contribution in [3.05, 3.63) is 0 Å². The van der Waals surface area contributed by atoms with Gasteiger partial charge < -0.3 is 14.6 Å². The number of hydrogen-bond acceptors (Lipinski definition) is 3. The molecule has 1 N–H and O–H groups in total. The van der Waals surface area contributed by atoms with Crippen LogP contribution in [0.2, 0.25) is 0 Å². The molecule has 16 heavy (non-hydrogen) atoms. The zero-order valence-corrected chi connectivity index (χ0v) is 9.86. The van der Waals surface area contributed by atoms with Crippen LogP contribution in [0.1, 0.15) is 51.4 Å². The second-order valence-electron chi connectivity index (χ2n) is 5.69. The molecule has 4 unspecified atom stereocenters. The van der Waals surface area contributed by atoms with Crippen LogP contribution in [0.4, 0.5) is 0 Å². The van der Waals surface area contributed by atoms with Crippen molar-refractivity contribution >= 4 is 0 Å². The summed E-state index contributed by atoms with van der Waals surface area (Å²) in [5.74, 6) is 0.487. The van der Waals surface area contributed by atoms with E-state index in [9.17, 15) is 5.11 Å². The summed E-state index contributed by atoms with van der Waals surface area (Å²) in [6, 6.07) is 0. The topological polar surface area (TPSA) is 38.7 Å². The molecule has 1 aliphatic heterocycles. The summed E-state index contributed by atoms with van der Waals surface area (Å²) in [5, 5.41) is 10.4. The molecule has 4 atom stereocenters. The van der Waals surface area contributed by atoms with Crippen LogP contribution in [-0.4, -0.2) is 29.7 Å². The summed E-state index contributed by atoms with van der Waals surface area (Å²) in [6.45, 7) is 0.838. The standard InChI is InChI=1S/C13H22O3/c14-13-6-3-4-10(13)8-11(9-13)16-12-5-1-2-7-15-12/h10-12,14H,1-9H2. The minimum absolute atomic E-state index is 0.00109. The van der Waals surface area contributed by atoms with Crippen molar-refractivity contribution in [2.24, 2.45) is 5.92 Å². The molecule has 0 amide bonds. The van der Waals surface area contributed by atoms with Gasteiger partial charge in [-0.25, -0.2) is 0 Å². The van der Waals surface area contributed by atoms with Gasteiger partial charge in [-0.05, 0) is 44.4 Å². The summed E-state index contributed by atoms with van der Waals surface area (Å²) < 4.78 is 11.6. The zero-order chi connectivity index (χ0) is 11.0. The lowest BCUT2D eigenvalue weighted by Gasteiger charge is -2.26. The Labute approximate surface area is 97.1 Å². The highest BCUT2D eigenvalue weighted by atomic mass is 16.7. The molecule has 3 fully saturated rings. The molecule has 2 saturated carbocycles. The van der Waals surface area contributed by atoms with Gasteiger partial charge in [0.1, 0.15) is 0 Å². The van der Waals surface area contributed by atoms with Crippen molar-refractivity contribution in [3.63, 3.8) is 0 Å². The van der Waals surface area contributed by atoms with Gasteiger partial charge >= 0.3 is 0 Å². The van der Waals surface area contributed by atoms with Crippen molar-refractivity contribution in [2.45, 2.75) is 69.4 Å². The van der Waals surface area contributed by atoms with E-state index < -0.39 is 5.60 Å². The summed E-state index contributed by atoms with van der Waals surface area (Å²) in [7, 11) is 0. The van der Waals surface area contributed by atoms with Crippen LogP contribution in [-0.2, 0) is 9.47 Å². The number of rotatable bonds is 2. The van der Waals surface area contributed by atoms with Crippen LogP contribution in [0.15, 0.2) is 0 Å². The predicted molar refractivity (Wildman–Crippen MR) is 60.0 cm³/mol. The average Bonchev–Trinajstić information content (AvgIpc) is 2.74. The lowest BCUT2D eigenvalue weighted by atomic mass is 9.95. The SMILES string of the molecule is OC12CCCC1CC(OC1CCCCO1)C2. The molecule has 92 valence electrons. The molecule has 0 aromatic heterocycles. The molecular formula is C13H22O3. The maximum Gasteiger partial charge on any atom is 0.157 e. The minimum Gasteiger partial charge on any atom is -0.390 e. The third-order valence-electron chi connectivity index (χ3n) is 4.53. The molecule has 0 spiro atoms. The van der Waals surface area contributed by atoms with Crippen LogP contribution >= 0.6 is 0 Å². The predicted octanol–water partition coefficient (Wildman–Crippen LogP) is 2.22. The van der Waals surface area contributed by atoms with E-state index in [0.29, 0.717) is 5.92 Å². The smallest absolute Gasteiger partial charge is 0.157 e. The zero-order valence-electron chi connectivity index (χ0n) is 9.86. The summed E-state index contributed by atoms with van der Waals surface area (Å²) >= 11 is 0. The Hall–Kier alpha value is -0.120. The first kappa shape index (κ1) is 11.0. The Morgan fingerprint density at radius 1 is 1.19 bits per heavy atom. The fraction of sp³-hybridized carbons (Fsp3) is 1.00. The van der Waals surface area contributed by atoms with E-state index in [1.54, 1.807) is 0 Å². The van der Waals surface area contributed by atoms with Gasteiger partial charge in [0.2, 0.25) is 0 Å². The highest BCUT2D eigenvalue weighted by Crippen LogP contribution is 2.48. The number of hydrogen-bond donors (Lipinski definition) is 1. The van der Waals surface area contributed by atoms with Crippen molar-refractivity contribution in [1.29, 1.82) is 0 Å². The quantitative estimate of drug-likeness (QED) is 0.784. The first-order valence-electron chi connectivity index (χ1n) is 6.76. The molecule has 2 aliphatic carbocycles. The van der Waals surface area contributed by atoms with Crippen molar-refractivity contribution in [2.75, 3.05) is 6.61 Å². The van der Waals surface area contributed by atoms with Gasteiger partial charge in [0.25, 0.3) is 0 Å². The molecule has 3 aliphatic rings. The minimum atomic E-state index is -0.403. The molecular weight excluding hydrogens is 204 g/mol. The maximum absolute atomic E-state index is 10.4. The maximum atomic E-state index is 10.4. The largest absolute Gasteiger partial charge is 0.390 e. The molecule has 3 rings (SSSR count). The highest BCUT2D eigenvalue weighted by molar-refractivity contribution is 5.01. The molecule has 1 saturated heterocycles. The Morgan fingerprint density at radius 3 is 2.88 bits per heavy atom. The van der Waals surface area contributed by atoms with Crippen LogP contribution in [0.3, 0.4) is 0 Å². The number of fused-ring (bicyclic) bond motifs is 1. The van der Waals surface area contributed by atoms with Gasteiger partial charge in [0.05, 0.1) is 11.7 Å². The Morgan fingerprint density at radius 2 is 2.12 bits per heavy atom. The Kier molecular flexibility index (Phi) is 2.94. The van der Waals surface area contributed by atoms with E-state index in [4.69, 9.17) is 9.47 Å². The van der Waals surface area contributed by atoms with Crippen molar-refractivity contribution in [3.8, 4) is 0 Å². The van der Waals surface area contributed by atoms with Gasteiger partial charge in [-0.2, -0.15) is 0 Å². The van der Waals surface area contributed by atoms with Gasteiger partial charge in [0, 0.05) is 13.0 Å². The monoisotopic (exact) mass is 226 g/mol. The first-order valence-corrected chi connectivity index (χ1v) is 6.76. The third kappa shape index (κ3) is 2.01. The van der Waals surface area contributed by atoms with Gasteiger partial charge in [-0.1, -0.05) is 6.42 Å². The van der Waals surface area contributed by atoms with Gasteiger partial charge in [-0.3, -0.25) is 0 Å². The highest BCUT2D eigenvalue weighted by Gasteiger charge is 2.49. The van der Waals surface area contributed by atoms with E-state index in [2.05, 4.69) is 0 Å². The molecule has 0 aromatic carbocycles. The molecule has 0 radical (unpaired) electrons. The second-order valence-corrected chi connectivity index (χ2v) is 5.69. The van der Waals surface area contributed by atoms with E-state index in [1.807, 2.05) is 0 Å². The molecule has 3 nitrogen and oxygen atoms in total. The molecule has 0 bridgehead atoms. The van der Waals surface area contributed by atoms with E-state index in [1.165, 1.54) is 19.3 Å². The van der Waals surface area contributed by atoms with Crippen molar-refractivity contribution < 1.29 is 14.6 Å². The van der Waals surface area contributed by atoms with E-state index >= 15 is 0 Å². The van der Waals surface area contributed by atoms with Gasteiger partial charge in [0.15, 0.2) is 6.29 Å². The number of aliphatic hydroxyl groups is 1. The van der Waals surface area contributed by atoms with Crippen molar-refractivity contribution in [1.82, 2.24) is 0 Å². The van der Waals surface area contributed by atoms with Gasteiger partial charge in [-0.15, -0.1) is 0 Å². The van der Waals surface area contributed by atoms with E-state index in [-0.39, 0.29) is 12.4 Å². The van der Waals surface area contributed by atoms with Crippen LogP contribution < -0.4 is 0 Å². The summed E-state index contributed by atoms with van der Waals surface area (Å²) in [5.41, 5.74) is -0.403. The third-order valence-corrected chi connectivity index (χ3v) is 4.53. The summed E-state index contributed by atoms with van der Waals surface area (Å²) in [4.78, 5) is 0. The number of ether oxygens (including phenoxy) is 2. The summed E-state index contributed by atoms with van der Waals surface area (Å²) in [6.07, 6.45) is 8.86. The van der Waals surface area contributed by atoms with Crippen LogP contribution in [0, 0.1) is 5.92 Å². The second kappa shape index (κ2) is 4.28. The fourth-order valence-electron chi connectivity index (χ4n) is 3.67. The normalized spacial score (nSPS) is 48.2. The van der Waals surface area contributed by atoms with E-state index in [0.717, 1.165) is 38.7 Å². The molecule has 1 heterocycles. The Balaban J connectivity index is 1.54. The van der Waals surface area contributed by atoms with Crippen LogP contribution in [0.25, 0.3) is 0 Å². The molecule has 3 heteroatoms.